The van der Waals surface area contributed by atoms with Gasteiger partial charge in [-0.1, -0.05) is 0 Å². The van der Waals surface area contributed by atoms with E-state index in [9.17, 15) is 9.18 Å². The summed E-state index contributed by atoms with van der Waals surface area (Å²) in [5.74, 6) is 0. The van der Waals surface area contributed by atoms with Crippen LogP contribution in [0.25, 0.3) is 0 Å². The lowest BCUT2D eigenvalue weighted by molar-refractivity contribution is -0.118. The average molecular weight is 145 g/mol. The SMILES string of the molecule is CC1CC(C)(F)CN1C=O. The zero-order valence-electron chi connectivity index (χ0n) is 6.30. The van der Waals surface area contributed by atoms with Gasteiger partial charge in [-0.25, -0.2) is 4.39 Å². The lowest BCUT2D eigenvalue weighted by Gasteiger charge is -2.13. The number of hydrogen-bond donors (Lipinski definition) is 0. The molecule has 0 aromatic carbocycles. The summed E-state index contributed by atoms with van der Waals surface area (Å²) in [4.78, 5) is 11.8. The van der Waals surface area contributed by atoms with E-state index in [2.05, 4.69) is 0 Å². The van der Waals surface area contributed by atoms with E-state index >= 15 is 0 Å². The first-order chi connectivity index (χ1) is 4.55. The van der Waals surface area contributed by atoms with Crippen LogP contribution >= 0.6 is 0 Å². The summed E-state index contributed by atoms with van der Waals surface area (Å²) in [6.07, 6.45) is 1.18. The van der Waals surface area contributed by atoms with Crippen molar-refractivity contribution in [3.05, 3.63) is 0 Å². The molecule has 2 nitrogen and oxygen atoms in total. The van der Waals surface area contributed by atoms with E-state index in [0.29, 0.717) is 6.42 Å². The lowest BCUT2D eigenvalue weighted by Crippen LogP contribution is -2.27. The summed E-state index contributed by atoms with van der Waals surface area (Å²) in [6.45, 7) is 3.64. The highest BCUT2D eigenvalue weighted by atomic mass is 19.1. The van der Waals surface area contributed by atoms with Crippen LogP contribution in [0.15, 0.2) is 0 Å². The Morgan fingerprint density at radius 2 is 2.40 bits per heavy atom. The Balaban J connectivity index is 2.60. The normalized spacial score (nSPS) is 40.3. The molecule has 0 aromatic heterocycles. The van der Waals surface area contributed by atoms with Crippen LogP contribution in [0.5, 0.6) is 0 Å². The Labute approximate surface area is 60.0 Å². The molecule has 2 atom stereocenters. The van der Waals surface area contributed by atoms with Crippen LogP contribution in [0.2, 0.25) is 0 Å². The van der Waals surface area contributed by atoms with Gasteiger partial charge in [-0.15, -0.1) is 0 Å². The topological polar surface area (TPSA) is 20.3 Å². The monoisotopic (exact) mass is 145 g/mol. The Morgan fingerprint density at radius 1 is 1.80 bits per heavy atom. The first kappa shape index (κ1) is 7.51. The second-order valence-electron chi connectivity index (χ2n) is 3.24. The molecule has 1 fully saturated rings. The molecule has 3 heteroatoms. The summed E-state index contributed by atoms with van der Waals surface area (Å²) >= 11 is 0. The lowest BCUT2D eigenvalue weighted by atomic mass is 10.1. The summed E-state index contributed by atoms with van der Waals surface area (Å²) in [7, 11) is 0. The average Bonchev–Trinajstić information content (AvgIpc) is 2.05. The number of nitrogens with zero attached hydrogens (tertiary/aromatic N) is 1. The van der Waals surface area contributed by atoms with E-state index in [1.807, 2.05) is 6.92 Å². The van der Waals surface area contributed by atoms with Crippen molar-refractivity contribution in [3.63, 3.8) is 0 Å². The molecule has 1 rings (SSSR count). The van der Waals surface area contributed by atoms with Gasteiger partial charge in [0.15, 0.2) is 0 Å². The zero-order chi connectivity index (χ0) is 7.78. The van der Waals surface area contributed by atoms with Gasteiger partial charge in [0.1, 0.15) is 5.67 Å². The van der Waals surface area contributed by atoms with Gasteiger partial charge in [-0.3, -0.25) is 4.79 Å². The van der Waals surface area contributed by atoms with E-state index in [-0.39, 0.29) is 12.6 Å². The molecular weight excluding hydrogens is 133 g/mol. The van der Waals surface area contributed by atoms with Crippen molar-refractivity contribution >= 4 is 6.41 Å². The third kappa shape index (κ3) is 1.28. The maximum absolute atomic E-state index is 13.1. The highest BCUT2D eigenvalue weighted by Gasteiger charge is 2.37. The molecule has 58 valence electrons. The second kappa shape index (κ2) is 2.22. The zero-order valence-corrected chi connectivity index (χ0v) is 6.30. The Hall–Kier alpha value is -0.600. The quantitative estimate of drug-likeness (QED) is 0.503. The molecule has 1 saturated heterocycles. The minimum Gasteiger partial charge on any atom is -0.339 e. The maximum Gasteiger partial charge on any atom is 0.210 e. The van der Waals surface area contributed by atoms with Crippen molar-refractivity contribution in [2.75, 3.05) is 6.54 Å². The summed E-state index contributed by atoms with van der Waals surface area (Å²) in [6, 6.07) is 0.0625. The van der Waals surface area contributed by atoms with Crippen molar-refractivity contribution in [3.8, 4) is 0 Å². The number of alkyl halides is 1. The van der Waals surface area contributed by atoms with Crippen LogP contribution in [0.1, 0.15) is 20.3 Å². The third-order valence-corrected chi connectivity index (χ3v) is 1.93. The number of carbonyl (C=O) groups excluding carboxylic acids is 1. The molecule has 2 unspecified atom stereocenters. The minimum atomic E-state index is -1.17. The summed E-state index contributed by atoms with van der Waals surface area (Å²) < 4.78 is 13.1. The molecule has 10 heavy (non-hydrogen) atoms. The van der Waals surface area contributed by atoms with Crippen molar-refractivity contribution < 1.29 is 9.18 Å². The van der Waals surface area contributed by atoms with Crippen molar-refractivity contribution in [1.29, 1.82) is 0 Å². The van der Waals surface area contributed by atoms with Gasteiger partial charge < -0.3 is 4.90 Å². The fourth-order valence-electron chi connectivity index (χ4n) is 1.48. The van der Waals surface area contributed by atoms with Gasteiger partial charge in [-0.2, -0.15) is 0 Å². The summed E-state index contributed by atoms with van der Waals surface area (Å²) in [5.41, 5.74) is -1.17. The van der Waals surface area contributed by atoms with Crippen LogP contribution < -0.4 is 0 Å². The van der Waals surface area contributed by atoms with E-state index in [1.165, 1.54) is 11.8 Å². The van der Waals surface area contributed by atoms with E-state index in [1.54, 1.807) is 0 Å². The molecule has 0 saturated carbocycles. The molecule has 0 radical (unpaired) electrons. The van der Waals surface area contributed by atoms with E-state index in [4.69, 9.17) is 0 Å². The highest BCUT2D eigenvalue weighted by Crippen LogP contribution is 2.28. The van der Waals surface area contributed by atoms with E-state index in [0.717, 1.165) is 6.41 Å². The Bertz CT molecular complexity index is 147. The molecule has 0 aromatic rings. The number of hydrogen-bond acceptors (Lipinski definition) is 1. The molecule has 1 amide bonds. The maximum atomic E-state index is 13.1. The van der Waals surface area contributed by atoms with Crippen LogP contribution in [0.4, 0.5) is 4.39 Å². The fourth-order valence-corrected chi connectivity index (χ4v) is 1.48. The third-order valence-electron chi connectivity index (χ3n) is 1.93. The predicted octanol–water partition coefficient (Wildman–Crippen LogP) is 0.965. The molecule has 0 N–H and O–H groups in total. The van der Waals surface area contributed by atoms with Crippen molar-refractivity contribution in [2.45, 2.75) is 32.0 Å². The van der Waals surface area contributed by atoms with Gasteiger partial charge in [0.2, 0.25) is 6.41 Å². The number of likely N-dealkylation sites (tertiary alicyclic amines) is 1. The first-order valence-corrected chi connectivity index (χ1v) is 3.45. The largest absolute Gasteiger partial charge is 0.339 e. The number of halogens is 1. The number of amides is 1. The Kier molecular flexibility index (Phi) is 1.67. The van der Waals surface area contributed by atoms with Gasteiger partial charge in [0, 0.05) is 12.5 Å². The predicted molar refractivity (Wildman–Crippen MR) is 36.4 cm³/mol. The summed E-state index contributed by atoms with van der Waals surface area (Å²) in [5, 5.41) is 0. The van der Waals surface area contributed by atoms with Gasteiger partial charge in [0.25, 0.3) is 0 Å². The van der Waals surface area contributed by atoms with Crippen molar-refractivity contribution in [1.82, 2.24) is 4.90 Å². The van der Waals surface area contributed by atoms with Crippen LogP contribution in [-0.2, 0) is 4.79 Å². The molecule has 0 aliphatic carbocycles. The molecule has 1 aliphatic heterocycles. The van der Waals surface area contributed by atoms with Gasteiger partial charge >= 0.3 is 0 Å². The van der Waals surface area contributed by atoms with Crippen LogP contribution in [0.3, 0.4) is 0 Å². The van der Waals surface area contributed by atoms with Gasteiger partial charge in [0.05, 0.1) is 6.54 Å². The molecule has 1 aliphatic rings. The van der Waals surface area contributed by atoms with Crippen LogP contribution in [0, 0.1) is 0 Å². The van der Waals surface area contributed by atoms with E-state index < -0.39 is 5.67 Å². The Morgan fingerprint density at radius 3 is 2.60 bits per heavy atom. The molecule has 1 heterocycles. The standard InChI is InChI=1S/C7H12FNO/c1-6-3-7(2,8)4-9(6)5-10/h5-6H,3-4H2,1-2H3. The van der Waals surface area contributed by atoms with Crippen LogP contribution in [-0.4, -0.2) is 29.6 Å². The van der Waals surface area contributed by atoms with Crippen molar-refractivity contribution in [2.24, 2.45) is 0 Å². The second-order valence-corrected chi connectivity index (χ2v) is 3.24. The number of carbonyl (C=O) groups is 1. The molecular formula is C7H12FNO. The fraction of sp³-hybridized carbons (Fsp3) is 0.857. The first-order valence-electron chi connectivity index (χ1n) is 3.45. The molecule has 0 spiro atoms. The molecule has 0 bridgehead atoms. The number of rotatable bonds is 1. The van der Waals surface area contributed by atoms with Gasteiger partial charge in [-0.05, 0) is 13.8 Å². The minimum absolute atomic E-state index is 0.0625. The smallest absolute Gasteiger partial charge is 0.210 e. The highest BCUT2D eigenvalue weighted by molar-refractivity contribution is 5.48.